The van der Waals surface area contributed by atoms with E-state index in [2.05, 4.69) is 31.4 Å². The first-order valence-corrected chi connectivity index (χ1v) is 9.01. The van der Waals surface area contributed by atoms with E-state index in [1.54, 1.807) is 0 Å². The van der Waals surface area contributed by atoms with E-state index in [1.807, 2.05) is 20.8 Å². The summed E-state index contributed by atoms with van der Waals surface area (Å²) in [6, 6.07) is 0.796. The topological polar surface area (TPSA) is 50.4 Å². The van der Waals surface area contributed by atoms with Gasteiger partial charge in [0.2, 0.25) is 0 Å². The van der Waals surface area contributed by atoms with Crippen molar-refractivity contribution in [2.45, 2.75) is 104 Å². The first-order valence-electron chi connectivity index (χ1n) is 9.01. The lowest BCUT2D eigenvalue weighted by Crippen LogP contribution is -2.45. The van der Waals surface area contributed by atoms with Gasteiger partial charge in [0.1, 0.15) is 5.60 Å². The summed E-state index contributed by atoms with van der Waals surface area (Å²) < 4.78 is 5.26. The van der Waals surface area contributed by atoms with E-state index in [-0.39, 0.29) is 6.09 Å². The number of unbranched alkanes of at least 4 members (excludes halogenated alkanes) is 4. The van der Waals surface area contributed by atoms with Crippen LogP contribution in [0.5, 0.6) is 0 Å². The lowest BCUT2D eigenvalue weighted by atomic mass is 10.1. The Labute approximate surface area is 137 Å². The molecule has 0 aliphatic rings. The van der Waals surface area contributed by atoms with E-state index in [1.165, 1.54) is 38.5 Å². The molecule has 0 aromatic carbocycles. The Morgan fingerprint density at radius 2 is 1.73 bits per heavy atom. The van der Waals surface area contributed by atoms with Crippen molar-refractivity contribution in [1.29, 1.82) is 0 Å². The average Bonchev–Trinajstić information content (AvgIpc) is 2.41. The standard InChI is InChI=1S/C18H38N2O2/c1-7-9-10-11-12-13-15(3)20-16(8-2)14-19-17(21)22-18(4,5)6/h15-16,20H,7-14H2,1-6H3,(H,19,21). The van der Waals surface area contributed by atoms with Crippen molar-refractivity contribution in [1.82, 2.24) is 10.6 Å². The summed E-state index contributed by atoms with van der Waals surface area (Å²) in [5.74, 6) is 0. The van der Waals surface area contributed by atoms with Gasteiger partial charge in [-0.05, 0) is 40.5 Å². The minimum Gasteiger partial charge on any atom is -0.444 e. The predicted molar refractivity (Wildman–Crippen MR) is 94.3 cm³/mol. The zero-order valence-corrected chi connectivity index (χ0v) is 15.6. The number of rotatable bonds is 11. The highest BCUT2D eigenvalue weighted by atomic mass is 16.6. The highest BCUT2D eigenvalue weighted by Gasteiger charge is 2.17. The fourth-order valence-corrected chi connectivity index (χ4v) is 2.38. The van der Waals surface area contributed by atoms with Crippen LogP contribution < -0.4 is 10.6 Å². The van der Waals surface area contributed by atoms with Gasteiger partial charge in [-0.25, -0.2) is 4.79 Å². The molecule has 2 N–H and O–H groups in total. The van der Waals surface area contributed by atoms with E-state index >= 15 is 0 Å². The zero-order chi connectivity index (χ0) is 17.0. The number of ether oxygens (including phenoxy) is 1. The molecule has 0 radical (unpaired) electrons. The minimum absolute atomic E-state index is 0.304. The van der Waals surface area contributed by atoms with Gasteiger partial charge < -0.3 is 15.4 Å². The first-order chi connectivity index (χ1) is 10.3. The van der Waals surface area contributed by atoms with Gasteiger partial charge in [-0.3, -0.25) is 0 Å². The number of amides is 1. The van der Waals surface area contributed by atoms with Gasteiger partial charge in [-0.2, -0.15) is 0 Å². The highest BCUT2D eigenvalue weighted by molar-refractivity contribution is 5.67. The van der Waals surface area contributed by atoms with Gasteiger partial charge in [0.15, 0.2) is 0 Å². The molecule has 0 aromatic rings. The number of hydrogen-bond donors (Lipinski definition) is 2. The van der Waals surface area contributed by atoms with Crippen LogP contribution in [0.2, 0.25) is 0 Å². The van der Waals surface area contributed by atoms with Crippen LogP contribution in [0.3, 0.4) is 0 Å². The normalized spacial score (nSPS) is 14.5. The fourth-order valence-electron chi connectivity index (χ4n) is 2.38. The summed E-state index contributed by atoms with van der Waals surface area (Å²) in [7, 11) is 0. The third-order valence-corrected chi connectivity index (χ3v) is 3.65. The minimum atomic E-state index is -0.439. The molecule has 1 amide bonds. The summed E-state index contributed by atoms with van der Waals surface area (Å²) >= 11 is 0. The highest BCUT2D eigenvalue weighted by Crippen LogP contribution is 2.08. The van der Waals surface area contributed by atoms with Gasteiger partial charge in [0.05, 0.1) is 0 Å². The lowest BCUT2D eigenvalue weighted by Gasteiger charge is -2.24. The summed E-state index contributed by atoms with van der Waals surface area (Å²) in [4.78, 5) is 11.7. The number of hydrogen-bond acceptors (Lipinski definition) is 3. The molecule has 0 aliphatic carbocycles. The Kier molecular flexibility index (Phi) is 11.3. The van der Waals surface area contributed by atoms with Gasteiger partial charge >= 0.3 is 6.09 Å². The Morgan fingerprint density at radius 3 is 2.27 bits per heavy atom. The van der Waals surface area contributed by atoms with Crippen molar-refractivity contribution >= 4 is 6.09 Å². The second-order valence-electron chi connectivity index (χ2n) is 7.26. The molecule has 0 heterocycles. The zero-order valence-electron chi connectivity index (χ0n) is 15.6. The maximum Gasteiger partial charge on any atom is 0.407 e. The molecule has 22 heavy (non-hydrogen) atoms. The number of carbonyl (C=O) groups excluding carboxylic acids is 1. The van der Waals surface area contributed by atoms with E-state index in [4.69, 9.17) is 4.74 Å². The molecule has 4 nitrogen and oxygen atoms in total. The van der Waals surface area contributed by atoms with Crippen LogP contribution in [-0.4, -0.2) is 30.3 Å². The second-order valence-corrected chi connectivity index (χ2v) is 7.26. The van der Waals surface area contributed by atoms with Crippen molar-refractivity contribution < 1.29 is 9.53 Å². The molecule has 4 heteroatoms. The van der Waals surface area contributed by atoms with Gasteiger partial charge in [0.25, 0.3) is 0 Å². The van der Waals surface area contributed by atoms with Crippen molar-refractivity contribution in [3.05, 3.63) is 0 Å². The van der Waals surface area contributed by atoms with Crippen molar-refractivity contribution in [3.8, 4) is 0 Å². The average molecular weight is 315 g/mol. The lowest BCUT2D eigenvalue weighted by molar-refractivity contribution is 0.0521. The molecule has 0 aromatic heterocycles. The van der Waals surface area contributed by atoms with Crippen LogP contribution in [0, 0.1) is 0 Å². The monoisotopic (exact) mass is 314 g/mol. The molecule has 0 saturated heterocycles. The molecule has 132 valence electrons. The molecule has 0 fully saturated rings. The van der Waals surface area contributed by atoms with Crippen LogP contribution in [0.1, 0.15) is 86.5 Å². The SMILES string of the molecule is CCCCCCCC(C)NC(CC)CNC(=O)OC(C)(C)C. The van der Waals surface area contributed by atoms with Crippen LogP contribution in [-0.2, 0) is 4.74 Å². The summed E-state index contributed by atoms with van der Waals surface area (Å²) in [5, 5.41) is 6.46. The van der Waals surface area contributed by atoms with Crippen LogP contribution in [0.15, 0.2) is 0 Å². The molecule has 2 atom stereocenters. The van der Waals surface area contributed by atoms with Gasteiger partial charge in [-0.1, -0.05) is 46.0 Å². The number of alkyl carbamates (subject to hydrolysis) is 1. The Balaban J connectivity index is 3.87. The van der Waals surface area contributed by atoms with Crippen LogP contribution in [0.25, 0.3) is 0 Å². The maximum atomic E-state index is 11.7. The molecular weight excluding hydrogens is 276 g/mol. The van der Waals surface area contributed by atoms with Gasteiger partial charge in [-0.15, -0.1) is 0 Å². The first kappa shape index (κ1) is 21.2. The fraction of sp³-hybridized carbons (Fsp3) is 0.944. The Bertz CT molecular complexity index is 287. The van der Waals surface area contributed by atoms with E-state index in [0.717, 1.165) is 6.42 Å². The Morgan fingerprint density at radius 1 is 1.09 bits per heavy atom. The summed E-state index contributed by atoms with van der Waals surface area (Å²) in [6.45, 7) is 12.9. The summed E-state index contributed by atoms with van der Waals surface area (Å²) in [6.07, 6.45) is 8.46. The number of carbonyl (C=O) groups is 1. The maximum absolute atomic E-state index is 11.7. The van der Waals surface area contributed by atoms with E-state index < -0.39 is 5.60 Å². The largest absolute Gasteiger partial charge is 0.444 e. The predicted octanol–water partition coefficient (Wildman–Crippen LogP) is 4.63. The van der Waals surface area contributed by atoms with Crippen LogP contribution >= 0.6 is 0 Å². The van der Waals surface area contributed by atoms with Crippen molar-refractivity contribution in [3.63, 3.8) is 0 Å². The van der Waals surface area contributed by atoms with E-state index in [9.17, 15) is 4.79 Å². The third kappa shape index (κ3) is 12.9. The Hall–Kier alpha value is -0.770. The van der Waals surface area contributed by atoms with Crippen LogP contribution in [0.4, 0.5) is 4.79 Å². The molecule has 0 aliphatic heterocycles. The number of nitrogens with one attached hydrogen (secondary N) is 2. The molecule has 0 rings (SSSR count). The second kappa shape index (κ2) is 11.8. The van der Waals surface area contributed by atoms with E-state index in [0.29, 0.717) is 18.6 Å². The quantitative estimate of drug-likeness (QED) is 0.547. The molecule has 0 saturated carbocycles. The van der Waals surface area contributed by atoms with Crippen molar-refractivity contribution in [2.24, 2.45) is 0 Å². The third-order valence-electron chi connectivity index (χ3n) is 3.65. The smallest absolute Gasteiger partial charge is 0.407 e. The summed E-state index contributed by atoms with van der Waals surface area (Å²) in [5.41, 5.74) is -0.439. The van der Waals surface area contributed by atoms with Crippen molar-refractivity contribution in [2.75, 3.05) is 6.54 Å². The molecule has 0 spiro atoms. The molecule has 0 bridgehead atoms. The molecular formula is C18H38N2O2. The molecule has 2 unspecified atom stereocenters. The van der Waals surface area contributed by atoms with Gasteiger partial charge in [0, 0.05) is 18.6 Å².